The summed E-state index contributed by atoms with van der Waals surface area (Å²) in [6.45, 7) is 0.574. The number of carbonyl (C=O) groups excluding carboxylic acids is 1. The molecule has 0 unspecified atom stereocenters. The second-order valence-corrected chi connectivity index (χ2v) is 4.65. The lowest BCUT2D eigenvalue weighted by molar-refractivity contribution is -0.116. The molecular weight excluding hydrogens is 300 g/mol. The molecule has 0 aliphatic rings. The maximum Gasteiger partial charge on any atom is 0.335 e. The summed E-state index contributed by atoms with van der Waals surface area (Å²) in [5, 5.41) is 11.5. The van der Waals surface area contributed by atoms with Crippen molar-refractivity contribution in [3.05, 3.63) is 28.2 Å². The lowest BCUT2D eigenvalue weighted by atomic mass is 10.2. The average molecular weight is 315 g/mol. The number of anilines is 1. The lowest BCUT2D eigenvalue weighted by Gasteiger charge is -2.07. The van der Waals surface area contributed by atoms with Crippen LogP contribution >= 0.6 is 15.9 Å². The maximum atomic E-state index is 11.6. The molecule has 0 heterocycles. The maximum absolute atomic E-state index is 11.6. The molecule has 1 aromatic carbocycles. The Morgan fingerprint density at radius 1 is 1.33 bits per heavy atom. The summed E-state index contributed by atoms with van der Waals surface area (Å²) >= 11 is 3.23. The van der Waals surface area contributed by atoms with E-state index in [-0.39, 0.29) is 11.5 Å². The Balaban J connectivity index is 2.62. The second kappa shape index (κ2) is 7.13. The van der Waals surface area contributed by atoms with Crippen molar-refractivity contribution in [1.29, 1.82) is 0 Å². The van der Waals surface area contributed by atoms with E-state index in [2.05, 4.69) is 21.2 Å². The van der Waals surface area contributed by atoms with Crippen LogP contribution < -0.4 is 11.1 Å². The van der Waals surface area contributed by atoms with Crippen LogP contribution in [0, 0.1) is 0 Å². The molecule has 4 N–H and O–H groups in total. The van der Waals surface area contributed by atoms with E-state index in [1.54, 1.807) is 6.07 Å². The van der Waals surface area contributed by atoms with Gasteiger partial charge in [0.15, 0.2) is 0 Å². The molecule has 0 radical (unpaired) electrons. The molecule has 0 bridgehead atoms. The highest BCUT2D eigenvalue weighted by Gasteiger charge is 2.09. The minimum absolute atomic E-state index is 0.104. The number of benzene rings is 1. The molecule has 0 saturated heterocycles. The minimum atomic E-state index is -1.00. The molecule has 0 spiro atoms. The van der Waals surface area contributed by atoms with Crippen molar-refractivity contribution < 1.29 is 14.7 Å². The molecule has 1 aromatic rings. The molecule has 18 heavy (non-hydrogen) atoms. The monoisotopic (exact) mass is 314 g/mol. The summed E-state index contributed by atoms with van der Waals surface area (Å²) in [5.41, 5.74) is 6.08. The van der Waals surface area contributed by atoms with E-state index in [1.807, 2.05) is 0 Å². The molecule has 1 amide bonds. The van der Waals surface area contributed by atoms with Crippen LogP contribution in [0.2, 0.25) is 0 Å². The predicted octanol–water partition coefficient (Wildman–Crippen LogP) is 2.21. The van der Waals surface area contributed by atoms with E-state index in [4.69, 9.17) is 10.8 Å². The van der Waals surface area contributed by atoms with Crippen LogP contribution in [0.3, 0.4) is 0 Å². The molecule has 0 aliphatic carbocycles. The fraction of sp³-hybridized carbons (Fsp3) is 0.333. The van der Waals surface area contributed by atoms with Crippen LogP contribution in [0.4, 0.5) is 5.69 Å². The third-order valence-corrected chi connectivity index (χ3v) is 3.00. The van der Waals surface area contributed by atoms with Gasteiger partial charge in [0, 0.05) is 10.9 Å². The number of hydrogen-bond acceptors (Lipinski definition) is 3. The molecule has 0 aromatic heterocycles. The van der Waals surface area contributed by atoms with Gasteiger partial charge in [0.1, 0.15) is 0 Å². The normalized spacial score (nSPS) is 10.1. The third kappa shape index (κ3) is 4.46. The molecular formula is C12H15BrN2O3. The first-order valence-corrected chi connectivity index (χ1v) is 6.36. The lowest BCUT2D eigenvalue weighted by Crippen LogP contribution is -2.12. The largest absolute Gasteiger partial charge is 0.478 e. The van der Waals surface area contributed by atoms with Gasteiger partial charge < -0.3 is 16.2 Å². The van der Waals surface area contributed by atoms with Crippen LogP contribution in [-0.2, 0) is 4.79 Å². The number of carboxylic acid groups (broad SMARTS) is 1. The summed E-state index contributed by atoms with van der Waals surface area (Å²) in [6.07, 6.45) is 1.96. The van der Waals surface area contributed by atoms with Crippen molar-refractivity contribution in [2.45, 2.75) is 19.3 Å². The van der Waals surface area contributed by atoms with Gasteiger partial charge in [-0.25, -0.2) is 4.79 Å². The van der Waals surface area contributed by atoms with Crippen LogP contribution in [0.25, 0.3) is 0 Å². The Hall–Kier alpha value is -1.40. The number of hydrogen-bond donors (Lipinski definition) is 3. The van der Waals surface area contributed by atoms with Crippen molar-refractivity contribution in [1.82, 2.24) is 0 Å². The first kappa shape index (κ1) is 14.7. The molecule has 0 saturated carbocycles. The number of carboxylic acids is 1. The SMILES string of the molecule is NCCCCC(=O)Nc1ccc(C(=O)O)cc1Br. The molecule has 1 rings (SSSR count). The standard InChI is InChI=1S/C12H15BrN2O3/c13-9-7-8(12(17)18)4-5-10(9)15-11(16)3-1-2-6-14/h4-5,7H,1-3,6,14H2,(H,15,16)(H,17,18). The number of carbonyl (C=O) groups is 2. The van der Waals surface area contributed by atoms with Gasteiger partial charge >= 0.3 is 5.97 Å². The van der Waals surface area contributed by atoms with Gasteiger partial charge in [-0.1, -0.05) is 0 Å². The smallest absolute Gasteiger partial charge is 0.335 e. The van der Waals surface area contributed by atoms with Crippen molar-refractivity contribution >= 4 is 33.5 Å². The van der Waals surface area contributed by atoms with Crippen molar-refractivity contribution in [2.24, 2.45) is 5.73 Å². The van der Waals surface area contributed by atoms with Gasteiger partial charge in [-0.05, 0) is 53.5 Å². The molecule has 6 heteroatoms. The van der Waals surface area contributed by atoms with Gasteiger partial charge in [0.25, 0.3) is 0 Å². The third-order valence-electron chi connectivity index (χ3n) is 2.35. The van der Waals surface area contributed by atoms with Gasteiger partial charge in [-0.3, -0.25) is 4.79 Å². The molecule has 0 aliphatic heterocycles. The number of halogens is 1. The first-order chi connectivity index (χ1) is 8.54. The van der Waals surface area contributed by atoms with E-state index in [9.17, 15) is 9.59 Å². The Labute approximate surface area is 113 Å². The summed E-state index contributed by atoms with van der Waals surface area (Å²) in [4.78, 5) is 22.3. The fourth-order valence-corrected chi connectivity index (χ4v) is 1.87. The number of rotatable bonds is 6. The first-order valence-electron chi connectivity index (χ1n) is 5.57. The highest BCUT2D eigenvalue weighted by Crippen LogP contribution is 2.24. The Bertz CT molecular complexity index is 449. The van der Waals surface area contributed by atoms with Crippen LogP contribution in [-0.4, -0.2) is 23.5 Å². The number of amides is 1. The second-order valence-electron chi connectivity index (χ2n) is 3.79. The molecule has 0 atom stereocenters. The van der Waals surface area contributed by atoms with E-state index in [0.717, 1.165) is 12.8 Å². The van der Waals surface area contributed by atoms with Gasteiger partial charge in [0.05, 0.1) is 11.3 Å². The number of aromatic carboxylic acids is 1. The van der Waals surface area contributed by atoms with Gasteiger partial charge in [-0.2, -0.15) is 0 Å². The predicted molar refractivity (Wildman–Crippen MR) is 72.6 cm³/mol. The summed E-state index contributed by atoms with van der Waals surface area (Å²) in [6, 6.07) is 4.47. The van der Waals surface area contributed by atoms with E-state index in [1.165, 1.54) is 12.1 Å². The van der Waals surface area contributed by atoms with E-state index < -0.39 is 5.97 Å². The van der Waals surface area contributed by atoms with Crippen LogP contribution in [0.1, 0.15) is 29.6 Å². The zero-order valence-corrected chi connectivity index (χ0v) is 11.4. The van der Waals surface area contributed by atoms with E-state index in [0.29, 0.717) is 23.1 Å². The van der Waals surface area contributed by atoms with Crippen molar-refractivity contribution in [3.8, 4) is 0 Å². The van der Waals surface area contributed by atoms with E-state index >= 15 is 0 Å². The number of nitrogens with two attached hydrogens (primary N) is 1. The highest BCUT2D eigenvalue weighted by atomic mass is 79.9. The average Bonchev–Trinajstić information content (AvgIpc) is 2.32. The summed E-state index contributed by atoms with van der Waals surface area (Å²) < 4.78 is 0.551. The number of nitrogens with one attached hydrogen (secondary N) is 1. The summed E-state index contributed by atoms with van der Waals surface area (Å²) in [7, 11) is 0. The Morgan fingerprint density at radius 3 is 2.61 bits per heavy atom. The van der Waals surface area contributed by atoms with Crippen LogP contribution in [0.15, 0.2) is 22.7 Å². The quantitative estimate of drug-likeness (QED) is 0.702. The fourth-order valence-electron chi connectivity index (χ4n) is 1.39. The highest BCUT2D eigenvalue weighted by molar-refractivity contribution is 9.10. The number of unbranched alkanes of at least 4 members (excludes halogenated alkanes) is 1. The summed E-state index contributed by atoms with van der Waals surface area (Å²) in [5.74, 6) is -1.11. The molecule has 0 fully saturated rings. The molecule has 5 nitrogen and oxygen atoms in total. The Kier molecular flexibility index (Phi) is 5.80. The topological polar surface area (TPSA) is 92.4 Å². The minimum Gasteiger partial charge on any atom is -0.478 e. The van der Waals surface area contributed by atoms with Gasteiger partial charge in [-0.15, -0.1) is 0 Å². The van der Waals surface area contributed by atoms with Crippen LogP contribution in [0.5, 0.6) is 0 Å². The molecule has 98 valence electrons. The van der Waals surface area contributed by atoms with Crippen molar-refractivity contribution in [3.63, 3.8) is 0 Å². The zero-order valence-electron chi connectivity index (χ0n) is 9.78. The zero-order chi connectivity index (χ0) is 13.5. The van der Waals surface area contributed by atoms with Gasteiger partial charge in [0.2, 0.25) is 5.91 Å². The van der Waals surface area contributed by atoms with Crippen molar-refractivity contribution in [2.75, 3.05) is 11.9 Å². The Morgan fingerprint density at radius 2 is 2.06 bits per heavy atom.